The number of halogens is 1. The number of rotatable bonds is 3. The van der Waals surface area contributed by atoms with Gasteiger partial charge in [0.05, 0.1) is 25.5 Å². The Morgan fingerprint density at radius 3 is 2.94 bits per heavy atom. The van der Waals surface area contributed by atoms with E-state index in [4.69, 9.17) is 22.1 Å². The van der Waals surface area contributed by atoms with Crippen molar-refractivity contribution >= 4 is 17.3 Å². The highest BCUT2D eigenvalue weighted by Crippen LogP contribution is 2.18. The molecule has 0 fully saturated rings. The quantitative estimate of drug-likeness (QED) is 0.863. The van der Waals surface area contributed by atoms with Gasteiger partial charge in [0.25, 0.3) is 0 Å². The average molecular weight is 240 g/mol. The average Bonchev–Trinajstić information content (AvgIpc) is 2.64. The summed E-state index contributed by atoms with van der Waals surface area (Å²) in [5, 5.41) is 11.9. The molecule has 0 unspecified atom stereocenters. The van der Waals surface area contributed by atoms with Crippen LogP contribution in [0.25, 0.3) is 0 Å². The summed E-state index contributed by atoms with van der Waals surface area (Å²) in [5.74, 6) is 0.429. The van der Waals surface area contributed by atoms with E-state index in [0.29, 0.717) is 23.3 Å². The Kier molecular flexibility index (Phi) is 2.91. The molecule has 2 rings (SSSR count). The number of methoxy groups -OCH3 is 1. The molecule has 84 valence electrons. The van der Waals surface area contributed by atoms with Crippen molar-refractivity contribution in [3.8, 4) is 5.88 Å². The molecule has 0 aliphatic rings. The summed E-state index contributed by atoms with van der Waals surface area (Å²) in [6.07, 6.45) is 3.29. The van der Waals surface area contributed by atoms with E-state index in [1.54, 1.807) is 23.1 Å². The highest BCUT2D eigenvalue weighted by molar-refractivity contribution is 6.29. The predicted octanol–water partition coefficient (Wildman–Crippen LogP) is 0.966. The molecule has 0 bridgehead atoms. The Bertz CT molecular complexity index is 498. The topological polar surface area (TPSA) is 78.9 Å². The molecule has 2 aromatic heterocycles. The van der Waals surface area contributed by atoms with Crippen molar-refractivity contribution in [2.24, 2.45) is 0 Å². The van der Waals surface area contributed by atoms with Crippen LogP contribution in [0.1, 0.15) is 5.56 Å². The third-order valence-electron chi connectivity index (χ3n) is 1.98. The van der Waals surface area contributed by atoms with E-state index in [1.807, 2.05) is 0 Å². The fourth-order valence-corrected chi connectivity index (χ4v) is 1.49. The van der Waals surface area contributed by atoms with Crippen LogP contribution in [0.3, 0.4) is 0 Å². The lowest BCUT2D eigenvalue weighted by atomic mass is 10.3. The van der Waals surface area contributed by atoms with Crippen LogP contribution in [0.5, 0.6) is 5.88 Å². The van der Waals surface area contributed by atoms with Crippen LogP contribution in [0.15, 0.2) is 18.5 Å². The van der Waals surface area contributed by atoms with Crippen LogP contribution < -0.4 is 10.5 Å². The zero-order valence-electron chi connectivity index (χ0n) is 8.59. The van der Waals surface area contributed by atoms with Crippen LogP contribution in [0.4, 0.5) is 5.69 Å². The van der Waals surface area contributed by atoms with Crippen LogP contribution in [-0.2, 0) is 6.54 Å². The molecule has 2 N–H and O–H groups in total. The summed E-state index contributed by atoms with van der Waals surface area (Å²) in [4.78, 5) is 0. The van der Waals surface area contributed by atoms with Crippen molar-refractivity contribution in [2.75, 3.05) is 12.8 Å². The van der Waals surface area contributed by atoms with Gasteiger partial charge < -0.3 is 10.5 Å². The van der Waals surface area contributed by atoms with Crippen molar-refractivity contribution in [3.63, 3.8) is 0 Å². The Labute approximate surface area is 97.0 Å². The maximum absolute atomic E-state index is 5.76. The highest BCUT2D eigenvalue weighted by Gasteiger charge is 2.08. The van der Waals surface area contributed by atoms with Gasteiger partial charge in [-0.2, -0.15) is 5.10 Å². The standard InChI is InChI=1S/C9H10ClN5O/c1-16-9-6(2-8(10)13-14-9)4-15-5-7(11)3-12-15/h2-3,5H,4,11H2,1H3. The monoisotopic (exact) mass is 239 g/mol. The molecular weight excluding hydrogens is 230 g/mol. The van der Waals surface area contributed by atoms with Crippen molar-refractivity contribution in [1.29, 1.82) is 0 Å². The van der Waals surface area contributed by atoms with Crippen LogP contribution in [0, 0.1) is 0 Å². The summed E-state index contributed by atoms with van der Waals surface area (Å²) in [6.45, 7) is 0.482. The fraction of sp³-hybridized carbons (Fsp3) is 0.222. The van der Waals surface area contributed by atoms with Gasteiger partial charge in [0.2, 0.25) is 5.88 Å². The zero-order chi connectivity index (χ0) is 11.5. The predicted molar refractivity (Wildman–Crippen MR) is 59.3 cm³/mol. The molecule has 0 saturated heterocycles. The molecule has 0 radical (unpaired) electrons. The molecule has 7 heteroatoms. The van der Waals surface area contributed by atoms with Gasteiger partial charge in [-0.1, -0.05) is 11.6 Å². The van der Waals surface area contributed by atoms with Crippen LogP contribution in [-0.4, -0.2) is 27.1 Å². The number of nitrogens with zero attached hydrogens (tertiary/aromatic N) is 4. The summed E-state index contributed by atoms with van der Waals surface area (Å²) in [5.41, 5.74) is 6.96. The van der Waals surface area contributed by atoms with Crippen LogP contribution >= 0.6 is 11.6 Å². The smallest absolute Gasteiger partial charge is 0.238 e. The number of ether oxygens (including phenoxy) is 1. The molecule has 2 heterocycles. The maximum atomic E-state index is 5.76. The van der Waals surface area contributed by atoms with E-state index in [-0.39, 0.29) is 0 Å². The van der Waals surface area contributed by atoms with E-state index in [1.165, 1.54) is 7.11 Å². The fourth-order valence-electron chi connectivity index (χ4n) is 1.32. The number of nitrogen functional groups attached to an aromatic ring is 1. The van der Waals surface area contributed by atoms with Gasteiger partial charge >= 0.3 is 0 Å². The minimum atomic E-state index is 0.316. The first-order chi connectivity index (χ1) is 7.69. The molecule has 2 aromatic rings. The number of aromatic nitrogens is 4. The van der Waals surface area contributed by atoms with Crippen molar-refractivity contribution in [3.05, 3.63) is 29.2 Å². The zero-order valence-corrected chi connectivity index (χ0v) is 9.35. The first-order valence-corrected chi connectivity index (χ1v) is 4.91. The number of hydrogen-bond acceptors (Lipinski definition) is 5. The molecule has 0 aliphatic heterocycles. The van der Waals surface area contributed by atoms with E-state index >= 15 is 0 Å². The van der Waals surface area contributed by atoms with Gasteiger partial charge in [0.1, 0.15) is 0 Å². The second-order valence-corrected chi connectivity index (χ2v) is 3.56. The first-order valence-electron chi connectivity index (χ1n) is 4.53. The lowest BCUT2D eigenvalue weighted by Gasteiger charge is -2.06. The normalized spacial score (nSPS) is 10.4. The highest BCUT2D eigenvalue weighted by atomic mass is 35.5. The lowest BCUT2D eigenvalue weighted by Crippen LogP contribution is -2.04. The minimum Gasteiger partial charge on any atom is -0.480 e. The largest absolute Gasteiger partial charge is 0.480 e. The Hall–Kier alpha value is -1.82. The van der Waals surface area contributed by atoms with Crippen molar-refractivity contribution in [2.45, 2.75) is 6.54 Å². The molecule has 16 heavy (non-hydrogen) atoms. The molecule has 0 atom stereocenters. The Morgan fingerprint density at radius 2 is 2.31 bits per heavy atom. The Morgan fingerprint density at radius 1 is 1.50 bits per heavy atom. The van der Waals surface area contributed by atoms with Crippen molar-refractivity contribution < 1.29 is 4.74 Å². The SMILES string of the molecule is COc1nnc(Cl)cc1Cn1cc(N)cn1. The first kappa shape index (κ1) is 10.7. The molecule has 6 nitrogen and oxygen atoms in total. The van der Waals surface area contributed by atoms with Gasteiger partial charge in [0.15, 0.2) is 5.15 Å². The molecule has 0 aliphatic carbocycles. The van der Waals surface area contributed by atoms with E-state index in [9.17, 15) is 0 Å². The third kappa shape index (κ3) is 2.22. The minimum absolute atomic E-state index is 0.316. The van der Waals surface area contributed by atoms with Crippen molar-refractivity contribution in [1.82, 2.24) is 20.0 Å². The molecule has 0 spiro atoms. The second kappa shape index (κ2) is 4.36. The summed E-state index contributed by atoms with van der Waals surface area (Å²) < 4.78 is 6.75. The van der Waals surface area contributed by atoms with E-state index in [2.05, 4.69) is 15.3 Å². The molecule has 0 aromatic carbocycles. The third-order valence-corrected chi connectivity index (χ3v) is 2.17. The van der Waals surface area contributed by atoms with Crippen LogP contribution in [0.2, 0.25) is 5.15 Å². The van der Waals surface area contributed by atoms with Gasteiger partial charge in [0, 0.05) is 11.8 Å². The van der Waals surface area contributed by atoms with Gasteiger partial charge in [-0.15, -0.1) is 10.2 Å². The van der Waals surface area contributed by atoms with Gasteiger partial charge in [-0.3, -0.25) is 4.68 Å². The number of anilines is 1. The van der Waals surface area contributed by atoms with Gasteiger partial charge in [-0.25, -0.2) is 0 Å². The molecule has 0 saturated carbocycles. The van der Waals surface area contributed by atoms with Gasteiger partial charge in [-0.05, 0) is 6.07 Å². The maximum Gasteiger partial charge on any atom is 0.238 e. The number of nitrogens with two attached hydrogens (primary N) is 1. The Balaban J connectivity index is 2.29. The van der Waals surface area contributed by atoms with E-state index < -0.39 is 0 Å². The number of hydrogen-bond donors (Lipinski definition) is 1. The summed E-state index contributed by atoms with van der Waals surface area (Å²) >= 11 is 5.76. The summed E-state index contributed by atoms with van der Waals surface area (Å²) in [7, 11) is 1.53. The second-order valence-electron chi connectivity index (χ2n) is 3.17. The molecular formula is C9H10ClN5O. The van der Waals surface area contributed by atoms with E-state index in [0.717, 1.165) is 5.56 Å². The molecule has 0 amide bonds. The lowest BCUT2D eigenvalue weighted by molar-refractivity contribution is 0.384. The summed E-state index contributed by atoms with van der Waals surface area (Å²) in [6, 6.07) is 1.69.